The van der Waals surface area contributed by atoms with Gasteiger partial charge in [-0.15, -0.1) is 0 Å². The predicted molar refractivity (Wildman–Crippen MR) is 109 cm³/mol. The van der Waals surface area contributed by atoms with Crippen LogP contribution in [0.1, 0.15) is 27.9 Å². The molecule has 0 aliphatic carbocycles. The number of carbonyl (C=O) groups is 1. The van der Waals surface area contributed by atoms with E-state index in [-0.39, 0.29) is 18.6 Å². The molecule has 0 bridgehead atoms. The van der Waals surface area contributed by atoms with Gasteiger partial charge in [-0.25, -0.2) is 4.68 Å². The van der Waals surface area contributed by atoms with Crippen molar-refractivity contribution in [3.05, 3.63) is 77.6 Å². The Morgan fingerprint density at radius 3 is 2.80 bits per heavy atom. The molecule has 1 aromatic heterocycles. The van der Waals surface area contributed by atoms with Crippen molar-refractivity contribution in [3.63, 3.8) is 0 Å². The summed E-state index contributed by atoms with van der Waals surface area (Å²) in [6, 6.07) is 15.6. The summed E-state index contributed by atoms with van der Waals surface area (Å²) in [5.41, 5.74) is 3.58. The molecular weight excluding hydrogens is 382 g/mol. The third kappa shape index (κ3) is 3.58. The van der Waals surface area contributed by atoms with E-state index in [1.807, 2.05) is 53.6 Å². The van der Waals surface area contributed by atoms with Crippen molar-refractivity contribution in [1.29, 1.82) is 0 Å². The molecule has 1 N–H and O–H groups in total. The van der Waals surface area contributed by atoms with Crippen LogP contribution in [-0.4, -0.2) is 51.1 Å². The third-order valence-electron chi connectivity index (χ3n) is 5.60. The number of rotatable bonds is 5. The Hall–Kier alpha value is -3.16. The molecule has 2 aromatic carbocycles. The molecule has 0 spiro atoms. The van der Waals surface area contributed by atoms with Crippen molar-refractivity contribution in [3.8, 4) is 11.4 Å². The number of aromatic nitrogens is 2. The highest BCUT2D eigenvalue weighted by molar-refractivity contribution is 6.01. The van der Waals surface area contributed by atoms with Crippen molar-refractivity contribution >= 4 is 5.91 Å². The maximum Gasteiger partial charge on any atom is 0.258 e. The molecule has 0 unspecified atom stereocenters. The quantitative estimate of drug-likeness (QED) is 0.706. The molecule has 30 heavy (non-hydrogen) atoms. The number of fused-ring (bicyclic) bond motifs is 1. The molecule has 0 radical (unpaired) electrons. The lowest BCUT2D eigenvalue weighted by Crippen LogP contribution is -2.40. The second-order valence-corrected chi connectivity index (χ2v) is 7.66. The third-order valence-corrected chi connectivity index (χ3v) is 5.60. The minimum absolute atomic E-state index is 0.0432. The molecule has 1 fully saturated rings. The van der Waals surface area contributed by atoms with Gasteiger partial charge in [-0.2, -0.15) is 5.10 Å². The Bertz CT molecular complexity index is 1030. The number of amides is 1. The molecule has 7 nitrogen and oxygen atoms in total. The maximum absolute atomic E-state index is 13.1. The Morgan fingerprint density at radius 2 is 2.03 bits per heavy atom. The fourth-order valence-electron chi connectivity index (χ4n) is 4.01. The van der Waals surface area contributed by atoms with E-state index in [2.05, 4.69) is 5.10 Å². The van der Waals surface area contributed by atoms with E-state index in [4.69, 9.17) is 9.47 Å². The monoisotopic (exact) mass is 405 g/mol. The van der Waals surface area contributed by atoms with E-state index in [1.54, 1.807) is 16.9 Å². The SMILES string of the molecule is O=C1c2c(cccc2O[C@@H]2CCOC[C@H]2O)CN1Cc1ccc(-n2cccn2)cc1. The molecule has 1 amide bonds. The summed E-state index contributed by atoms with van der Waals surface area (Å²) >= 11 is 0. The van der Waals surface area contributed by atoms with E-state index in [0.717, 1.165) is 16.8 Å². The van der Waals surface area contributed by atoms with Crippen molar-refractivity contribution in [2.24, 2.45) is 0 Å². The van der Waals surface area contributed by atoms with Crippen LogP contribution in [0.2, 0.25) is 0 Å². The van der Waals surface area contributed by atoms with Gasteiger partial charge in [0.05, 0.1) is 24.5 Å². The zero-order valence-corrected chi connectivity index (χ0v) is 16.5. The average molecular weight is 405 g/mol. The molecule has 2 aliphatic rings. The summed E-state index contributed by atoms with van der Waals surface area (Å²) < 4.78 is 13.1. The van der Waals surface area contributed by atoms with Crippen LogP contribution in [0, 0.1) is 0 Å². The maximum atomic E-state index is 13.1. The fraction of sp³-hybridized carbons (Fsp3) is 0.304. The van der Waals surface area contributed by atoms with Crippen molar-refractivity contribution in [1.82, 2.24) is 14.7 Å². The summed E-state index contributed by atoms with van der Waals surface area (Å²) in [4.78, 5) is 15.0. The van der Waals surface area contributed by atoms with E-state index in [1.165, 1.54) is 0 Å². The van der Waals surface area contributed by atoms with Gasteiger partial charge in [-0.3, -0.25) is 4.79 Å². The summed E-state index contributed by atoms with van der Waals surface area (Å²) in [6.45, 7) is 1.87. The van der Waals surface area contributed by atoms with Crippen LogP contribution < -0.4 is 4.74 Å². The summed E-state index contributed by atoms with van der Waals surface area (Å²) in [5, 5.41) is 14.4. The zero-order valence-electron chi connectivity index (χ0n) is 16.5. The molecule has 2 aliphatic heterocycles. The van der Waals surface area contributed by atoms with Gasteiger partial charge in [-0.05, 0) is 35.4 Å². The first-order valence-electron chi connectivity index (χ1n) is 10.1. The van der Waals surface area contributed by atoms with Gasteiger partial charge in [0.2, 0.25) is 0 Å². The van der Waals surface area contributed by atoms with Gasteiger partial charge in [0.25, 0.3) is 5.91 Å². The lowest BCUT2D eigenvalue weighted by molar-refractivity contribution is -0.0752. The highest BCUT2D eigenvalue weighted by Gasteiger charge is 2.33. The second kappa shape index (κ2) is 7.93. The van der Waals surface area contributed by atoms with E-state index >= 15 is 0 Å². The molecule has 3 heterocycles. The number of benzene rings is 2. The number of carbonyl (C=O) groups excluding carboxylic acids is 1. The van der Waals surface area contributed by atoms with E-state index < -0.39 is 6.10 Å². The summed E-state index contributed by atoms with van der Waals surface area (Å²) in [5.74, 6) is 0.498. The molecular formula is C23H23N3O4. The van der Waals surface area contributed by atoms with Gasteiger partial charge in [0.15, 0.2) is 0 Å². The molecule has 154 valence electrons. The van der Waals surface area contributed by atoms with E-state index in [9.17, 15) is 9.90 Å². The van der Waals surface area contributed by atoms with Crippen LogP contribution >= 0.6 is 0 Å². The lowest BCUT2D eigenvalue weighted by atomic mass is 10.1. The summed E-state index contributed by atoms with van der Waals surface area (Å²) in [7, 11) is 0. The topological polar surface area (TPSA) is 76.8 Å². The number of nitrogens with zero attached hydrogens (tertiary/aromatic N) is 3. The lowest BCUT2D eigenvalue weighted by Gasteiger charge is -2.28. The predicted octanol–water partition coefficient (Wildman–Crippen LogP) is 2.56. The Morgan fingerprint density at radius 1 is 1.17 bits per heavy atom. The fourth-order valence-corrected chi connectivity index (χ4v) is 4.01. The molecule has 3 aromatic rings. The van der Waals surface area contributed by atoms with Crippen molar-refractivity contribution in [2.45, 2.75) is 31.7 Å². The highest BCUT2D eigenvalue weighted by atomic mass is 16.5. The average Bonchev–Trinajstić information content (AvgIpc) is 3.40. The van der Waals surface area contributed by atoms with Crippen LogP contribution in [0.3, 0.4) is 0 Å². The first-order chi connectivity index (χ1) is 14.7. The van der Waals surface area contributed by atoms with Crippen LogP contribution in [0.15, 0.2) is 60.9 Å². The first kappa shape index (κ1) is 18.8. The largest absolute Gasteiger partial charge is 0.487 e. The number of hydrogen-bond donors (Lipinski definition) is 1. The smallest absolute Gasteiger partial charge is 0.258 e. The Balaban J connectivity index is 1.31. The first-order valence-corrected chi connectivity index (χ1v) is 10.1. The van der Waals surface area contributed by atoms with Gasteiger partial charge in [-0.1, -0.05) is 24.3 Å². The van der Waals surface area contributed by atoms with Gasteiger partial charge in [0.1, 0.15) is 18.0 Å². The van der Waals surface area contributed by atoms with Gasteiger partial charge < -0.3 is 19.5 Å². The van der Waals surface area contributed by atoms with Gasteiger partial charge in [0, 0.05) is 31.9 Å². The standard InChI is InChI=1S/C23H23N3O4/c27-19-15-29-12-9-20(19)30-21-4-1-3-17-14-25(23(28)22(17)21)13-16-5-7-18(8-6-16)26-11-2-10-24-26/h1-8,10-11,19-20,27H,9,12-15H2/t19-,20-/m1/s1. The second-order valence-electron chi connectivity index (χ2n) is 7.66. The Labute approximate surface area is 174 Å². The van der Waals surface area contributed by atoms with Crippen molar-refractivity contribution in [2.75, 3.05) is 13.2 Å². The van der Waals surface area contributed by atoms with Crippen LogP contribution in [0.25, 0.3) is 5.69 Å². The molecule has 7 heteroatoms. The molecule has 2 atom stereocenters. The van der Waals surface area contributed by atoms with Crippen molar-refractivity contribution < 1.29 is 19.4 Å². The summed E-state index contributed by atoms with van der Waals surface area (Å²) in [6.07, 6.45) is 3.20. The van der Waals surface area contributed by atoms with Crippen LogP contribution in [-0.2, 0) is 17.8 Å². The van der Waals surface area contributed by atoms with Crippen LogP contribution in [0.5, 0.6) is 5.75 Å². The molecule has 5 rings (SSSR count). The van der Waals surface area contributed by atoms with E-state index in [0.29, 0.717) is 37.4 Å². The molecule has 1 saturated heterocycles. The normalized spacial score (nSPS) is 21.0. The number of hydrogen-bond acceptors (Lipinski definition) is 5. The number of aliphatic hydroxyl groups is 1. The Kier molecular flexibility index (Phi) is 4.98. The minimum Gasteiger partial charge on any atom is -0.487 e. The van der Waals surface area contributed by atoms with Crippen LogP contribution in [0.4, 0.5) is 0 Å². The number of aliphatic hydroxyl groups excluding tert-OH is 1. The van der Waals surface area contributed by atoms with Gasteiger partial charge >= 0.3 is 0 Å². The zero-order chi connectivity index (χ0) is 20.5. The minimum atomic E-state index is -0.685. The molecule has 0 saturated carbocycles. The highest BCUT2D eigenvalue weighted by Crippen LogP contribution is 2.33. The number of ether oxygens (including phenoxy) is 2.